The minimum atomic E-state index is 0.132. The predicted molar refractivity (Wildman–Crippen MR) is 79.4 cm³/mol. The van der Waals surface area contributed by atoms with Gasteiger partial charge in [-0.15, -0.1) is 0 Å². The van der Waals surface area contributed by atoms with E-state index in [1.54, 1.807) is 10.9 Å². The van der Waals surface area contributed by atoms with Crippen molar-refractivity contribution in [3.8, 4) is 0 Å². The van der Waals surface area contributed by atoms with Crippen LogP contribution in [0.15, 0.2) is 34.9 Å². The number of benzene rings is 1. The Labute approximate surface area is 121 Å². The molecule has 0 amide bonds. The van der Waals surface area contributed by atoms with Crippen molar-refractivity contribution in [1.82, 2.24) is 9.78 Å². The molecule has 1 heterocycles. The van der Waals surface area contributed by atoms with Crippen LogP contribution in [0.1, 0.15) is 35.0 Å². The quantitative estimate of drug-likeness (QED) is 0.785. The monoisotopic (exact) mass is 320 g/mol. The second-order valence-corrected chi connectivity index (χ2v) is 5.42. The minimum Gasteiger partial charge on any atom is -0.292 e. The van der Waals surface area contributed by atoms with Crippen molar-refractivity contribution >= 4 is 21.7 Å². The molecule has 100 valence electrons. The Morgan fingerprint density at radius 1 is 1.42 bits per heavy atom. The molecule has 3 nitrogen and oxygen atoms in total. The standard InChI is InChI=1S/C15H17BrN2O/c1-3-18-15(13(16)10-17-18)14(19)8-7-12-6-4-5-11(2)9-12/h4-6,9-10H,3,7-8H2,1-2H3. The fraction of sp³-hybridized carbons (Fsp3) is 0.333. The van der Waals surface area contributed by atoms with Gasteiger partial charge in [-0.1, -0.05) is 29.8 Å². The van der Waals surface area contributed by atoms with Crippen molar-refractivity contribution < 1.29 is 4.79 Å². The van der Waals surface area contributed by atoms with Crippen molar-refractivity contribution in [3.05, 3.63) is 51.8 Å². The lowest BCUT2D eigenvalue weighted by molar-refractivity contribution is 0.0971. The average Bonchev–Trinajstić information content (AvgIpc) is 2.77. The van der Waals surface area contributed by atoms with E-state index in [-0.39, 0.29) is 5.78 Å². The number of hydrogen-bond donors (Lipinski definition) is 0. The summed E-state index contributed by atoms with van der Waals surface area (Å²) in [6, 6.07) is 8.28. The van der Waals surface area contributed by atoms with Gasteiger partial charge in [-0.05, 0) is 41.8 Å². The Bertz CT molecular complexity index is 590. The molecule has 0 spiro atoms. The van der Waals surface area contributed by atoms with Gasteiger partial charge in [0.2, 0.25) is 0 Å². The van der Waals surface area contributed by atoms with E-state index in [1.165, 1.54) is 11.1 Å². The fourth-order valence-electron chi connectivity index (χ4n) is 2.12. The molecular formula is C15H17BrN2O. The number of halogens is 1. The van der Waals surface area contributed by atoms with Gasteiger partial charge in [0.1, 0.15) is 5.69 Å². The van der Waals surface area contributed by atoms with Crippen LogP contribution in [0.3, 0.4) is 0 Å². The highest BCUT2D eigenvalue weighted by atomic mass is 79.9. The fourth-order valence-corrected chi connectivity index (χ4v) is 2.64. The summed E-state index contributed by atoms with van der Waals surface area (Å²) < 4.78 is 2.52. The van der Waals surface area contributed by atoms with Crippen LogP contribution in [-0.4, -0.2) is 15.6 Å². The zero-order valence-corrected chi connectivity index (χ0v) is 12.8. The molecule has 0 bridgehead atoms. The van der Waals surface area contributed by atoms with Crippen molar-refractivity contribution in [1.29, 1.82) is 0 Å². The van der Waals surface area contributed by atoms with Crippen LogP contribution in [0, 0.1) is 6.92 Å². The summed E-state index contributed by atoms with van der Waals surface area (Å²) in [6.45, 7) is 4.75. The number of aromatic nitrogens is 2. The first-order chi connectivity index (χ1) is 9.11. The lowest BCUT2D eigenvalue weighted by Gasteiger charge is -2.05. The molecule has 19 heavy (non-hydrogen) atoms. The second-order valence-electron chi connectivity index (χ2n) is 4.57. The second kappa shape index (κ2) is 6.15. The summed E-state index contributed by atoms with van der Waals surface area (Å²) >= 11 is 3.39. The van der Waals surface area contributed by atoms with Crippen LogP contribution in [0.5, 0.6) is 0 Å². The Hall–Kier alpha value is -1.42. The van der Waals surface area contributed by atoms with E-state index >= 15 is 0 Å². The Morgan fingerprint density at radius 2 is 2.21 bits per heavy atom. The number of hydrogen-bond acceptors (Lipinski definition) is 2. The van der Waals surface area contributed by atoms with Gasteiger partial charge in [0.05, 0.1) is 10.7 Å². The molecule has 0 unspecified atom stereocenters. The molecular weight excluding hydrogens is 304 g/mol. The molecule has 1 aromatic heterocycles. The highest BCUT2D eigenvalue weighted by Crippen LogP contribution is 2.19. The molecule has 2 rings (SSSR count). The topological polar surface area (TPSA) is 34.9 Å². The van der Waals surface area contributed by atoms with Crippen LogP contribution >= 0.6 is 15.9 Å². The third kappa shape index (κ3) is 3.32. The lowest BCUT2D eigenvalue weighted by atomic mass is 10.0. The Kier molecular flexibility index (Phi) is 4.53. The van der Waals surface area contributed by atoms with E-state index in [0.717, 1.165) is 10.9 Å². The Balaban J connectivity index is 2.07. The first kappa shape index (κ1) is 14.0. The molecule has 0 aliphatic heterocycles. The van der Waals surface area contributed by atoms with Crippen LogP contribution in [-0.2, 0) is 13.0 Å². The summed E-state index contributed by atoms with van der Waals surface area (Å²) in [5, 5.41) is 4.17. The third-order valence-corrected chi connectivity index (χ3v) is 3.66. The highest BCUT2D eigenvalue weighted by molar-refractivity contribution is 9.10. The molecule has 0 aliphatic carbocycles. The maximum Gasteiger partial charge on any atom is 0.182 e. The number of ketones is 1. The van der Waals surface area contributed by atoms with Gasteiger partial charge in [0, 0.05) is 13.0 Å². The van der Waals surface area contributed by atoms with E-state index < -0.39 is 0 Å². The molecule has 0 saturated carbocycles. The molecule has 0 aliphatic rings. The lowest BCUT2D eigenvalue weighted by Crippen LogP contribution is -2.10. The first-order valence-electron chi connectivity index (χ1n) is 6.42. The molecule has 4 heteroatoms. The molecule has 0 fully saturated rings. The zero-order chi connectivity index (χ0) is 13.8. The van der Waals surface area contributed by atoms with Crippen LogP contribution < -0.4 is 0 Å². The number of carbonyl (C=O) groups excluding carboxylic acids is 1. The maximum atomic E-state index is 12.3. The first-order valence-corrected chi connectivity index (χ1v) is 7.21. The van der Waals surface area contributed by atoms with Crippen molar-refractivity contribution in [3.63, 3.8) is 0 Å². The van der Waals surface area contributed by atoms with Gasteiger partial charge in [-0.2, -0.15) is 5.10 Å². The predicted octanol–water partition coefficient (Wildman–Crippen LogP) is 3.79. The summed E-state index contributed by atoms with van der Waals surface area (Å²) in [7, 11) is 0. The number of aryl methyl sites for hydroxylation is 3. The summed E-state index contributed by atoms with van der Waals surface area (Å²) in [5.41, 5.74) is 3.10. The maximum absolute atomic E-state index is 12.3. The van der Waals surface area contributed by atoms with Crippen LogP contribution in [0.4, 0.5) is 0 Å². The third-order valence-electron chi connectivity index (χ3n) is 3.08. The number of rotatable bonds is 5. The van der Waals surface area contributed by atoms with Crippen LogP contribution in [0.25, 0.3) is 0 Å². The molecule has 0 radical (unpaired) electrons. The van der Waals surface area contributed by atoms with Gasteiger partial charge in [-0.25, -0.2) is 0 Å². The highest BCUT2D eigenvalue weighted by Gasteiger charge is 2.16. The van der Waals surface area contributed by atoms with E-state index in [4.69, 9.17) is 0 Å². The number of nitrogens with zero attached hydrogens (tertiary/aromatic N) is 2. The van der Waals surface area contributed by atoms with Crippen LogP contribution in [0.2, 0.25) is 0 Å². The molecule has 1 aromatic carbocycles. The van der Waals surface area contributed by atoms with Crippen molar-refractivity contribution in [2.45, 2.75) is 33.2 Å². The molecule has 0 saturated heterocycles. The van der Waals surface area contributed by atoms with Crippen molar-refractivity contribution in [2.75, 3.05) is 0 Å². The largest absolute Gasteiger partial charge is 0.292 e. The number of Topliss-reactive ketones (excluding diaryl/α,β-unsaturated/α-hetero) is 1. The zero-order valence-electron chi connectivity index (χ0n) is 11.2. The smallest absolute Gasteiger partial charge is 0.182 e. The van der Waals surface area contributed by atoms with E-state index in [1.807, 2.05) is 13.0 Å². The average molecular weight is 321 g/mol. The van der Waals surface area contributed by atoms with Gasteiger partial charge in [0.25, 0.3) is 0 Å². The molecule has 2 aromatic rings. The van der Waals surface area contributed by atoms with E-state index in [2.05, 4.69) is 46.2 Å². The SMILES string of the molecule is CCn1ncc(Br)c1C(=O)CCc1cccc(C)c1. The van der Waals surface area contributed by atoms with Gasteiger partial charge in [0.15, 0.2) is 5.78 Å². The summed E-state index contributed by atoms with van der Waals surface area (Å²) in [6.07, 6.45) is 2.96. The van der Waals surface area contributed by atoms with Gasteiger partial charge in [-0.3, -0.25) is 9.48 Å². The number of carbonyl (C=O) groups is 1. The van der Waals surface area contributed by atoms with Gasteiger partial charge < -0.3 is 0 Å². The minimum absolute atomic E-state index is 0.132. The summed E-state index contributed by atoms with van der Waals surface area (Å²) in [5.74, 6) is 0.132. The Morgan fingerprint density at radius 3 is 2.89 bits per heavy atom. The van der Waals surface area contributed by atoms with Gasteiger partial charge >= 0.3 is 0 Å². The van der Waals surface area contributed by atoms with Crippen molar-refractivity contribution in [2.24, 2.45) is 0 Å². The summed E-state index contributed by atoms with van der Waals surface area (Å²) in [4.78, 5) is 12.3. The normalized spacial score (nSPS) is 10.7. The van der Waals surface area contributed by atoms with E-state index in [9.17, 15) is 4.79 Å². The molecule has 0 N–H and O–H groups in total. The van der Waals surface area contributed by atoms with E-state index in [0.29, 0.717) is 18.7 Å². The molecule has 0 atom stereocenters.